The van der Waals surface area contributed by atoms with E-state index in [1.807, 2.05) is 25.1 Å². The zero-order valence-electron chi connectivity index (χ0n) is 20.0. The lowest BCUT2D eigenvalue weighted by atomic mass is 9.98. The molecule has 9 heteroatoms. The molecule has 0 saturated carbocycles. The lowest BCUT2D eigenvalue weighted by Crippen LogP contribution is -2.48. The fourth-order valence-electron chi connectivity index (χ4n) is 4.09. The Hall–Kier alpha value is -1.59. The number of hydrogen-bond acceptors (Lipinski definition) is 6. The van der Waals surface area contributed by atoms with Gasteiger partial charge in [-0.05, 0) is 32.8 Å². The van der Waals surface area contributed by atoms with Gasteiger partial charge in [0.25, 0.3) is 0 Å². The Morgan fingerprint density at radius 2 is 2.00 bits per heavy atom. The standard InChI is InChI=1S/C24H38N4O4.HI/c1-3-25-24(28-11-7-9-21(19-28)23(29)31-4-2)26-18-20-8-5-6-10-22(20)32-17-14-27-12-15-30-16-13-27;/h5-6,8,10,21H,3-4,7,9,11-19H2,1-2H3,(H,25,26);1H. The fourth-order valence-corrected chi connectivity index (χ4v) is 4.09. The smallest absolute Gasteiger partial charge is 0.310 e. The Bertz CT molecular complexity index is 743. The zero-order chi connectivity index (χ0) is 22.6. The van der Waals surface area contributed by atoms with E-state index in [0.29, 0.717) is 26.3 Å². The molecule has 1 atom stereocenters. The molecule has 0 spiro atoms. The molecule has 1 aromatic rings. The number of guanidine groups is 1. The molecule has 0 radical (unpaired) electrons. The van der Waals surface area contributed by atoms with E-state index in [-0.39, 0.29) is 35.9 Å². The number of halogens is 1. The van der Waals surface area contributed by atoms with Crippen molar-refractivity contribution < 1.29 is 19.0 Å². The number of likely N-dealkylation sites (tertiary alicyclic amines) is 1. The molecule has 1 aromatic carbocycles. The zero-order valence-corrected chi connectivity index (χ0v) is 22.3. The lowest BCUT2D eigenvalue weighted by Gasteiger charge is -2.34. The summed E-state index contributed by atoms with van der Waals surface area (Å²) in [5.41, 5.74) is 1.06. The predicted molar refractivity (Wildman–Crippen MR) is 140 cm³/mol. The number of benzene rings is 1. The van der Waals surface area contributed by atoms with Crippen LogP contribution in [0.4, 0.5) is 0 Å². The van der Waals surface area contributed by atoms with E-state index >= 15 is 0 Å². The van der Waals surface area contributed by atoms with E-state index in [4.69, 9.17) is 19.2 Å². The Morgan fingerprint density at radius 1 is 1.21 bits per heavy atom. The highest BCUT2D eigenvalue weighted by molar-refractivity contribution is 14.0. The third-order valence-electron chi connectivity index (χ3n) is 5.82. The fraction of sp³-hybridized carbons (Fsp3) is 0.667. The molecule has 2 aliphatic rings. The van der Waals surface area contributed by atoms with E-state index in [0.717, 1.165) is 76.1 Å². The van der Waals surface area contributed by atoms with Gasteiger partial charge in [0, 0.05) is 44.8 Å². The quantitative estimate of drug-likeness (QED) is 0.211. The monoisotopic (exact) mass is 574 g/mol. The maximum atomic E-state index is 12.2. The van der Waals surface area contributed by atoms with Crippen LogP contribution in [0, 0.1) is 5.92 Å². The number of rotatable bonds is 9. The van der Waals surface area contributed by atoms with Crippen LogP contribution in [0.2, 0.25) is 0 Å². The number of hydrogen-bond donors (Lipinski definition) is 1. The molecule has 0 aliphatic carbocycles. The number of esters is 1. The minimum absolute atomic E-state index is 0. The number of piperidine rings is 1. The summed E-state index contributed by atoms with van der Waals surface area (Å²) in [6, 6.07) is 8.09. The number of aliphatic imine (C=N–C) groups is 1. The van der Waals surface area contributed by atoms with Gasteiger partial charge in [-0.3, -0.25) is 9.69 Å². The van der Waals surface area contributed by atoms with Gasteiger partial charge in [0.05, 0.1) is 32.3 Å². The van der Waals surface area contributed by atoms with Gasteiger partial charge >= 0.3 is 5.97 Å². The van der Waals surface area contributed by atoms with Crippen molar-refractivity contribution in [3.8, 4) is 5.75 Å². The van der Waals surface area contributed by atoms with Crippen molar-refractivity contribution in [2.45, 2.75) is 33.2 Å². The molecule has 2 saturated heterocycles. The largest absolute Gasteiger partial charge is 0.492 e. The average Bonchev–Trinajstić information content (AvgIpc) is 2.83. The molecule has 2 heterocycles. The first-order valence-corrected chi connectivity index (χ1v) is 11.9. The number of para-hydroxylation sites is 1. The van der Waals surface area contributed by atoms with E-state index < -0.39 is 0 Å². The van der Waals surface area contributed by atoms with Gasteiger partial charge in [0.2, 0.25) is 0 Å². The topological polar surface area (TPSA) is 75.6 Å². The third-order valence-corrected chi connectivity index (χ3v) is 5.82. The van der Waals surface area contributed by atoms with Gasteiger partial charge in [-0.15, -0.1) is 24.0 Å². The maximum absolute atomic E-state index is 12.2. The second-order valence-electron chi connectivity index (χ2n) is 8.12. The van der Waals surface area contributed by atoms with Crippen molar-refractivity contribution in [1.29, 1.82) is 0 Å². The van der Waals surface area contributed by atoms with E-state index in [9.17, 15) is 4.79 Å². The molecular formula is C24H39IN4O4. The second kappa shape index (κ2) is 15.3. The molecule has 2 fully saturated rings. The van der Waals surface area contributed by atoms with E-state index in [1.165, 1.54) is 0 Å². The van der Waals surface area contributed by atoms with Gasteiger partial charge in [-0.1, -0.05) is 18.2 Å². The van der Waals surface area contributed by atoms with Crippen LogP contribution in [0.5, 0.6) is 5.75 Å². The Balaban J connectivity index is 0.00000385. The van der Waals surface area contributed by atoms with Crippen LogP contribution in [-0.2, 0) is 20.8 Å². The van der Waals surface area contributed by atoms with E-state index in [2.05, 4.69) is 28.1 Å². The first-order chi connectivity index (χ1) is 15.7. The minimum atomic E-state index is -0.105. The minimum Gasteiger partial charge on any atom is -0.492 e. The van der Waals surface area contributed by atoms with Crippen molar-refractivity contribution in [3.63, 3.8) is 0 Å². The van der Waals surface area contributed by atoms with Crippen LogP contribution >= 0.6 is 24.0 Å². The molecule has 33 heavy (non-hydrogen) atoms. The van der Waals surface area contributed by atoms with Gasteiger partial charge in [0.15, 0.2) is 5.96 Å². The second-order valence-corrected chi connectivity index (χ2v) is 8.12. The molecule has 2 aliphatic heterocycles. The molecule has 1 unspecified atom stereocenters. The summed E-state index contributed by atoms with van der Waals surface area (Å²) in [4.78, 5) is 21.6. The maximum Gasteiger partial charge on any atom is 0.310 e. The molecule has 3 rings (SSSR count). The summed E-state index contributed by atoms with van der Waals surface area (Å²) < 4.78 is 16.8. The van der Waals surface area contributed by atoms with Gasteiger partial charge in [0.1, 0.15) is 12.4 Å². The van der Waals surface area contributed by atoms with Crippen LogP contribution in [0.3, 0.4) is 0 Å². The normalized spacial score (nSPS) is 19.5. The Kier molecular flexibility index (Phi) is 12.9. The summed E-state index contributed by atoms with van der Waals surface area (Å²) in [5, 5.41) is 3.38. The predicted octanol–water partition coefficient (Wildman–Crippen LogP) is 2.76. The number of ether oxygens (including phenoxy) is 3. The molecule has 1 N–H and O–H groups in total. The number of nitrogens with one attached hydrogen (secondary N) is 1. The SMILES string of the molecule is CCNC(=NCc1ccccc1OCCN1CCOCC1)N1CCCC(C(=O)OCC)C1.I. The third kappa shape index (κ3) is 8.94. The summed E-state index contributed by atoms with van der Waals surface area (Å²) in [5.74, 6) is 1.52. The molecule has 186 valence electrons. The number of nitrogens with zero attached hydrogens (tertiary/aromatic N) is 3. The van der Waals surface area contributed by atoms with Crippen LogP contribution in [0.15, 0.2) is 29.3 Å². The number of carbonyl (C=O) groups excluding carboxylic acids is 1. The highest BCUT2D eigenvalue weighted by Gasteiger charge is 2.28. The summed E-state index contributed by atoms with van der Waals surface area (Å²) in [7, 11) is 0. The van der Waals surface area contributed by atoms with Gasteiger partial charge in [-0.2, -0.15) is 0 Å². The van der Waals surface area contributed by atoms with Crippen LogP contribution < -0.4 is 10.1 Å². The van der Waals surface area contributed by atoms with Gasteiger partial charge < -0.3 is 24.4 Å². The summed E-state index contributed by atoms with van der Waals surface area (Å²) in [6.45, 7) is 12.2. The summed E-state index contributed by atoms with van der Waals surface area (Å²) >= 11 is 0. The van der Waals surface area contributed by atoms with Crippen LogP contribution in [-0.4, -0.2) is 87.4 Å². The average molecular weight is 575 g/mol. The molecular weight excluding hydrogens is 535 g/mol. The van der Waals surface area contributed by atoms with Crippen molar-refractivity contribution in [2.24, 2.45) is 10.9 Å². The lowest BCUT2D eigenvalue weighted by molar-refractivity contribution is -0.149. The first-order valence-electron chi connectivity index (χ1n) is 11.9. The molecule has 0 bridgehead atoms. The van der Waals surface area contributed by atoms with Gasteiger partial charge in [-0.25, -0.2) is 4.99 Å². The van der Waals surface area contributed by atoms with Crippen molar-refractivity contribution in [1.82, 2.24) is 15.1 Å². The van der Waals surface area contributed by atoms with Crippen LogP contribution in [0.25, 0.3) is 0 Å². The van der Waals surface area contributed by atoms with E-state index in [1.54, 1.807) is 0 Å². The van der Waals surface area contributed by atoms with Crippen molar-refractivity contribution >= 4 is 35.9 Å². The Morgan fingerprint density at radius 3 is 2.76 bits per heavy atom. The molecule has 8 nitrogen and oxygen atoms in total. The van der Waals surface area contributed by atoms with Crippen molar-refractivity contribution in [2.75, 3.05) is 65.7 Å². The van der Waals surface area contributed by atoms with Crippen molar-refractivity contribution in [3.05, 3.63) is 29.8 Å². The number of carbonyl (C=O) groups is 1. The highest BCUT2D eigenvalue weighted by atomic mass is 127. The first kappa shape index (κ1) is 27.7. The number of morpholine rings is 1. The highest BCUT2D eigenvalue weighted by Crippen LogP contribution is 2.21. The Labute approximate surface area is 215 Å². The molecule has 0 amide bonds. The summed E-state index contributed by atoms with van der Waals surface area (Å²) in [6.07, 6.45) is 1.82. The van der Waals surface area contributed by atoms with Crippen LogP contribution in [0.1, 0.15) is 32.3 Å². The molecule has 0 aromatic heterocycles.